The monoisotopic (exact) mass is 382 g/mol. The summed E-state index contributed by atoms with van der Waals surface area (Å²) in [5, 5.41) is 3.07. The third-order valence-corrected chi connectivity index (χ3v) is 6.84. The highest BCUT2D eigenvalue weighted by atomic mass is 32.1. The largest absolute Gasteiger partial charge is 0.352 e. The average Bonchev–Trinajstić information content (AvgIpc) is 3.16. The SMILES string of the molecule is O=C(NCc1ccccc1)[C@@H]1CCc2sc(C(=O)N3CCCCC3)cc2C1. The van der Waals surface area contributed by atoms with Gasteiger partial charge in [0.15, 0.2) is 0 Å². The van der Waals surface area contributed by atoms with Crippen molar-refractivity contribution >= 4 is 23.2 Å². The van der Waals surface area contributed by atoms with Crippen molar-refractivity contribution in [3.63, 3.8) is 0 Å². The normalized spacial score (nSPS) is 19.4. The van der Waals surface area contributed by atoms with E-state index < -0.39 is 0 Å². The van der Waals surface area contributed by atoms with E-state index in [-0.39, 0.29) is 17.7 Å². The Balaban J connectivity index is 1.37. The number of carbonyl (C=O) groups is 2. The second kappa shape index (κ2) is 8.26. The highest BCUT2D eigenvalue weighted by Crippen LogP contribution is 2.33. The van der Waals surface area contributed by atoms with Crippen LogP contribution in [0.2, 0.25) is 0 Å². The van der Waals surface area contributed by atoms with Crippen molar-refractivity contribution in [2.24, 2.45) is 5.92 Å². The molecule has 1 fully saturated rings. The molecule has 1 aromatic carbocycles. The Morgan fingerprint density at radius 1 is 1.11 bits per heavy atom. The standard InChI is InChI=1S/C22H26N2O2S/c25-21(23-15-16-7-3-1-4-8-16)17-9-10-19-18(13-17)14-20(27-19)22(26)24-11-5-2-6-12-24/h1,3-4,7-8,14,17H,2,5-6,9-13,15H2,(H,23,25)/t17-/m1/s1. The number of benzene rings is 1. The Morgan fingerprint density at radius 2 is 1.89 bits per heavy atom. The summed E-state index contributed by atoms with van der Waals surface area (Å²) in [6.45, 7) is 2.34. The smallest absolute Gasteiger partial charge is 0.263 e. The molecule has 1 atom stereocenters. The summed E-state index contributed by atoms with van der Waals surface area (Å²) < 4.78 is 0. The van der Waals surface area contributed by atoms with Gasteiger partial charge >= 0.3 is 0 Å². The lowest BCUT2D eigenvalue weighted by molar-refractivity contribution is -0.125. The number of hydrogen-bond acceptors (Lipinski definition) is 3. The summed E-state index contributed by atoms with van der Waals surface area (Å²) in [4.78, 5) is 29.5. The fourth-order valence-electron chi connectivity index (χ4n) is 4.04. The van der Waals surface area contributed by atoms with Crippen molar-refractivity contribution in [2.45, 2.75) is 45.1 Å². The maximum atomic E-state index is 12.7. The van der Waals surface area contributed by atoms with Gasteiger partial charge < -0.3 is 10.2 Å². The van der Waals surface area contributed by atoms with Crippen molar-refractivity contribution in [3.8, 4) is 0 Å². The molecule has 2 amide bonds. The minimum atomic E-state index is 0.00810. The minimum absolute atomic E-state index is 0.00810. The molecule has 0 saturated carbocycles. The van der Waals surface area contributed by atoms with Crippen LogP contribution in [0.5, 0.6) is 0 Å². The van der Waals surface area contributed by atoms with E-state index in [2.05, 4.69) is 5.32 Å². The highest BCUT2D eigenvalue weighted by Gasteiger charge is 2.28. The number of fused-ring (bicyclic) bond motifs is 1. The van der Waals surface area contributed by atoms with E-state index in [0.29, 0.717) is 6.54 Å². The zero-order valence-corrected chi connectivity index (χ0v) is 16.4. The maximum Gasteiger partial charge on any atom is 0.263 e. The molecular formula is C22H26N2O2S. The average molecular weight is 383 g/mol. The Labute approximate surface area is 164 Å². The zero-order valence-electron chi connectivity index (χ0n) is 15.6. The molecule has 1 aromatic heterocycles. The molecule has 0 radical (unpaired) electrons. The van der Waals surface area contributed by atoms with E-state index >= 15 is 0 Å². The number of nitrogens with one attached hydrogen (secondary N) is 1. The van der Waals surface area contributed by atoms with Crippen molar-refractivity contribution in [3.05, 3.63) is 57.3 Å². The summed E-state index contributed by atoms with van der Waals surface area (Å²) >= 11 is 1.64. The van der Waals surface area contributed by atoms with E-state index in [4.69, 9.17) is 0 Å². The second-order valence-corrected chi connectivity index (χ2v) is 8.69. The van der Waals surface area contributed by atoms with Gasteiger partial charge in [-0.05, 0) is 55.7 Å². The molecule has 142 valence electrons. The molecule has 4 nitrogen and oxygen atoms in total. The van der Waals surface area contributed by atoms with Gasteiger partial charge in [0.25, 0.3) is 5.91 Å². The van der Waals surface area contributed by atoms with Gasteiger partial charge in [-0.1, -0.05) is 30.3 Å². The summed E-state index contributed by atoms with van der Waals surface area (Å²) in [7, 11) is 0. The number of rotatable bonds is 4. The maximum absolute atomic E-state index is 12.7. The first kappa shape index (κ1) is 18.2. The Morgan fingerprint density at radius 3 is 2.67 bits per heavy atom. The Bertz CT molecular complexity index is 809. The molecule has 27 heavy (non-hydrogen) atoms. The van der Waals surface area contributed by atoms with Crippen molar-refractivity contribution in [2.75, 3.05) is 13.1 Å². The molecule has 5 heteroatoms. The second-order valence-electron chi connectivity index (χ2n) is 7.56. The van der Waals surface area contributed by atoms with Crippen LogP contribution >= 0.6 is 11.3 Å². The molecule has 1 saturated heterocycles. The van der Waals surface area contributed by atoms with Crippen molar-refractivity contribution < 1.29 is 9.59 Å². The first-order valence-electron chi connectivity index (χ1n) is 9.93. The van der Waals surface area contributed by atoms with Crippen LogP contribution in [-0.4, -0.2) is 29.8 Å². The minimum Gasteiger partial charge on any atom is -0.352 e. The van der Waals surface area contributed by atoms with Crippen LogP contribution in [0.4, 0.5) is 0 Å². The first-order valence-corrected chi connectivity index (χ1v) is 10.7. The molecule has 1 aliphatic heterocycles. The van der Waals surface area contributed by atoms with Gasteiger partial charge in [0.05, 0.1) is 4.88 Å². The fourth-order valence-corrected chi connectivity index (χ4v) is 5.21. The molecule has 1 aliphatic carbocycles. The summed E-state index contributed by atoms with van der Waals surface area (Å²) in [5.41, 5.74) is 2.32. The van der Waals surface area contributed by atoms with Crippen LogP contribution in [0, 0.1) is 5.92 Å². The van der Waals surface area contributed by atoms with Crippen LogP contribution in [0.15, 0.2) is 36.4 Å². The van der Waals surface area contributed by atoms with Gasteiger partial charge in [-0.15, -0.1) is 11.3 Å². The molecule has 1 N–H and O–H groups in total. The number of piperidine rings is 1. The molecule has 0 bridgehead atoms. The van der Waals surface area contributed by atoms with Gasteiger partial charge in [0, 0.05) is 30.4 Å². The quantitative estimate of drug-likeness (QED) is 0.874. The molecule has 4 rings (SSSR count). The number of amides is 2. The Hall–Kier alpha value is -2.14. The molecule has 2 aliphatic rings. The van der Waals surface area contributed by atoms with E-state index in [0.717, 1.165) is 55.6 Å². The number of aryl methyl sites for hydroxylation is 1. The van der Waals surface area contributed by atoms with E-state index in [1.54, 1.807) is 11.3 Å². The molecule has 0 spiro atoms. The van der Waals surface area contributed by atoms with Gasteiger partial charge in [-0.25, -0.2) is 0 Å². The summed E-state index contributed by atoms with van der Waals surface area (Å²) in [6.07, 6.45) is 5.97. The van der Waals surface area contributed by atoms with Crippen LogP contribution in [0.25, 0.3) is 0 Å². The number of likely N-dealkylation sites (tertiary alicyclic amines) is 1. The summed E-state index contributed by atoms with van der Waals surface area (Å²) in [6, 6.07) is 12.1. The number of hydrogen-bond donors (Lipinski definition) is 1. The molecule has 0 unspecified atom stereocenters. The number of thiophene rings is 1. The lowest BCUT2D eigenvalue weighted by Crippen LogP contribution is -2.35. The lowest BCUT2D eigenvalue weighted by atomic mass is 9.87. The van der Waals surface area contributed by atoms with E-state index in [9.17, 15) is 9.59 Å². The van der Waals surface area contributed by atoms with Gasteiger partial charge in [-0.3, -0.25) is 9.59 Å². The van der Waals surface area contributed by atoms with E-state index in [1.807, 2.05) is 41.3 Å². The van der Waals surface area contributed by atoms with E-state index in [1.165, 1.54) is 16.9 Å². The van der Waals surface area contributed by atoms with Crippen molar-refractivity contribution in [1.82, 2.24) is 10.2 Å². The molecular weight excluding hydrogens is 356 g/mol. The Kier molecular flexibility index (Phi) is 5.58. The lowest BCUT2D eigenvalue weighted by Gasteiger charge is -2.26. The van der Waals surface area contributed by atoms with Crippen molar-refractivity contribution in [1.29, 1.82) is 0 Å². The molecule has 2 heterocycles. The van der Waals surface area contributed by atoms with Crippen LogP contribution in [-0.2, 0) is 24.2 Å². The predicted octanol–water partition coefficient (Wildman–Crippen LogP) is 3.80. The predicted molar refractivity (Wildman–Crippen MR) is 108 cm³/mol. The zero-order chi connectivity index (χ0) is 18.6. The summed E-state index contributed by atoms with van der Waals surface area (Å²) in [5.74, 6) is 0.313. The van der Waals surface area contributed by atoms with Crippen LogP contribution in [0.1, 0.15) is 51.4 Å². The first-order chi connectivity index (χ1) is 13.2. The van der Waals surface area contributed by atoms with Crippen LogP contribution in [0.3, 0.4) is 0 Å². The topological polar surface area (TPSA) is 49.4 Å². The number of carbonyl (C=O) groups excluding carboxylic acids is 2. The van der Waals surface area contributed by atoms with Gasteiger partial charge in [0.2, 0.25) is 5.91 Å². The van der Waals surface area contributed by atoms with Gasteiger partial charge in [0.1, 0.15) is 0 Å². The third kappa shape index (κ3) is 4.24. The number of nitrogens with zero attached hydrogens (tertiary/aromatic N) is 1. The van der Waals surface area contributed by atoms with Gasteiger partial charge in [-0.2, -0.15) is 0 Å². The highest BCUT2D eigenvalue weighted by molar-refractivity contribution is 7.14. The fraction of sp³-hybridized carbons (Fsp3) is 0.455. The molecule has 2 aromatic rings. The third-order valence-electron chi connectivity index (χ3n) is 5.62. The van der Waals surface area contributed by atoms with Crippen LogP contribution < -0.4 is 5.32 Å².